The molecule has 0 amide bonds. The molecule has 1 nitrogen and oxygen atoms in total. The molecule has 0 aliphatic rings. The van der Waals surface area contributed by atoms with Crippen LogP contribution in [0.15, 0.2) is 11.4 Å². The summed E-state index contributed by atoms with van der Waals surface area (Å²) >= 11 is 1.81. The Morgan fingerprint density at radius 1 is 1.46 bits per heavy atom. The Kier molecular flexibility index (Phi) is 3.51. The van der Waals surface area contributed by atoms with E-state index in [9.17, 15) is 0 Å². The summed E-state index contributed by atoms with van der Waals surface area (Å²) in [5.74, 6) is 0. The number of rotatable bonds is 4. The van der Waals surface area contributed by atoms with Crippen LogP contribution in [-0.4, -0.2) is 11.7 Å². The zero-order valence-corrected chi connectivity index (χ0v) is 9.45. The van der Waals surface area contributed by atoms with Gasteiger partial charge in [-0.2, -0.15) is 0 Å². The second-order valence-electron chi connectivity index (χ2n) is 4.22. The average Bonchev–Trinajstić information content (AvgIpc) is 2.51. The minimum absolute atomic E-state index is 0.0226. The lowest BCUT2D eigenvalue weighted by Gasteiger charge is -2.21. The molecule has 1 rings (SSSR count). The van der Waals surface area contributed by atoms with Crippen LogP contribution in [0.4, 0.5) is 0 Å². The highest BCUT2D eigenvalue weighted by atomic mass is 32.1. The first-order chi connectivity index (χ1) is 6.09. The quantitative estimate of drug-likeness (QED) is 0.788. The highest BCUT2D eigenvalue weighted by molar-refractivity contribution is 7.10. The maximum absolute atomic E-state index is 9.16. The van der Waals surface area contributed by atoms with Crippen LogP contribution in [0.5, 0.6) is 0 Å². The molecule has 0 saturated heterocycles. The molecule has 2 heteroatoms. The summed E-state index contributed by atoms with van der Waals surface area (Å²) in [6, 6.07) is 2.19. The van der Waals surface area contributed by atoms with Crippen molar-refractivity contribution >= 4 is 11.3 Å². The van der Waals surface area contributed by atoms with Crippen molar-refractivity contribution in [3.63, 3.8) is 0 Å². The standard InChI is InChI=1S/C11H18OS/c1-4-9-5-6-13-10(9)7-11(2,3)8-12/h5-6,12H,4,7-8H2,1-3H3. The Bertz CT molecular complexity index is 263. The van der Waals surface area contributed by atoms with E-state index in [1.54, 1.807) is 11.3 Å². The fraction of sp³-hybridized carbons (Fsp3) is 0.636. The number of hydrogen-bond donors (Lipinski definition) is 1. The van der Waals surface area contributed by atoms with E-state index in [1.807, 2.05) is 0 Å². The van der Waals surface area contributed by atoms with Crippen molar-refractivity contribution in [3.8, 4) is 0 Å². The first-order valence-corrected chi connectivity index (χ1v) is 5.63. The topological polar surface area (TPSA) is 20.2 Å². The summed E-state index contributed by atoms with van der Waals surface area (Å²) in [6.45, 7) is 6.64. The van der Waals surface area contributed by atoms with Crippen LogP contribution >= 0.6 is 11.3 Å². The highest BCUT2D eigenvalue weighted by Gasteiger charge is 2.19. The third-order valence-corrected chi connectivity index (χ3v) is 3.25. The van der Waals surface area contributed by atoms with Gasteiger partial charge in [0.15, 0.2) is 0 Å². The molecule has 0 unspecified atom stereocenters. The van der Waals surface area contributed by atoms with Crippen LogP contribution in [0.3, 0.4) is 0 Å². The molecule has 0 aromatic carbocycles. The molecule has 13 heavy (non-hydrogen) atoms. The van der Waals surface area contributed by atoms with Crippen molar-refractivity contribution in [1.82, 2.24) is 0 Å². The zero-order chi connectivity index (χ0) is 9.90. The molecule has 1 N–H and O–H groups in total. The number of hydrogen-bond acceptors (Lipinski definition) is 2. The van der Waals surface area contributed by atoms with Crippen LogP contribution in [-0.2, 0) is 12.8 Å². The largest absolute Gasteiger partial charge is 0.396 e. The Morgan fingerprint density at radius 3 is 2.69 bits per heavy atom. The fourth-order valence-corrected chi connectivity index (χ4v) is 2.56. The van der Waals surface area contributed by atoms with Gasteiger partial charge >= 0.3 is 0 Å². The maximum atomic E-state index is 9.16. The van der Waals surface area contributed by atoms with Crippen LogP contribution in [0, 0.1) is 5.41 Å². The lowest BCUT2D eigenvalue weighted by molar-refractivity contribution is 0.160. The van der Waals surface area contributed by atoms with E-state index in [-0.39, 0.29) is 12.0 Å². The van der Waals surface area contributed by atoms with Crippen LogP contribution in [0.2, 0.25) is 0 Å². The molecule has 1 aromatic rings. The van der Waals surface area contributed by atoms with E-state index in [0.717, 1.165) is 12.8 Å². The molecule has 0 aliphatic carbocycles. The van der Waals surface area contributed by atoms with Crippen LogP contribution < -0.4 is 0 Å². The molecule has 0 saturated carbocycles. The Labute approximate surface area is 84.4 Å². The maximum Gasteiger partial charge on any atom is 0.0485 e. The van der Waals surface area contributed by atoms with Crippen molar-refractivity contribution in [1.29, 1.82) is 0 Å². The lowest BCUT2D eigenvalue weighted by Crippen LogP contribution is -2.19. The number of aryl methyl sites for hydroxylation is 1. The molecule has 74 valence electrons. The van der Waals surface area contributed by atoms with E-state index in [1.165, 1.54) is 10.4 Å². The SMILES string of the molecule is CCc1ccsc1CC(C)(C)CO. The molecule has 0 aliphatic heterocycles. The number of thiophene rings is 1. The van der Waals surface area contributed by atoms with Gasteiger partial charge in [-0.3, -0.25) is 0 Å². The van der Waals surface area contributed by atoms with Gasteiger partial charge in [-0.25, -0.2) is 0 Å². The van der Waals surface area contributed by atoms with Gasteiger partial charge in [0.05, 0.1) is 0 Å². The van der Waals surface area contributed by atoms with Gasteiger partial charge in [-0.1, -0.05) is 20.8 Å². The zero-order valence-electron chi connectivity index (χ0n) is 8.63. The monoisotopic (exact) mass is 198 g/mol. The Balaban J connectivity index is 2.73. The Hall–Kier alpha value is -0.340. The van der Waals surface area contributed by atoms with Crippen molar-refractivity contribution < 1.29 is 5.11 Å². The average molecular weight is 198 g/mol. The van der Waals surface area contributed by atoms with E-state index in [0.29, 0.717) is 0 Å². The second kappa shape index (κ2) is 4.25. The molecule has 0 spiro atoms. The summed E-state index contributed by atoms with van der Waals surface area (Å²) in [6.07, 6.45) is 2.09. The molecular formula is C11H18OS. The number of aliphatic hydroxyl groups excluding tert-OH is 1. The first kappa shape index (κ1) is 10.7. The Morgan fingerprint density at radius 2 is 2.15 bits per heavy atom. The van der Waals surface area contributed by atoms with Crippen LogP contribution in [0.25, 0.3) is 0 Å². The summed E-state index contributed by atoms with van der Waals surface area (Å²) in [7, 11) is 0. The van der Waals surface area contributed by atoms with E-state index in [4.69, 9.17) is 5.11 Å². The van der Waals surface area contributed by atoms with Gasteiger partial charge in [-0.05, 0) is 35.3 Å². The fourth-order valence-electron chi connectivity index (χ4n) is 1.33. The third-order valence-electron chi connectivity index (χ3n) is 2.29. The minimum Gasteiger partial charge on any atom is -0.396 e. The summed E-state index contributed by atoms with van der Waals surface area (Å²) in [5.41, 5.74) is 1.46. The molecule has 1 aromatic heterocycles. The molecule has 1 heterocycles. The van der Waals surface area contributed by atoms with Gasteiger partial charge in [0, 0.05) is 11.5 Å². The van der Waals surface area contributed by atoms with Crippen molar-refractivity contribution in [3.05, 3.63) is 21.9 Å². The summed E-state index contributed by atoms with van der Waals surface area (Å²) < 4.78 is 0. The molecule has 0 fully saturated rings. The third kappa shape index (κ3) is 2.82. The lowest BCUT2D eigenvalue weighted by atomic mass is 9.88. The predicted octanol–water partition coefficient (Wildman–Crippen LogP) is 2.87. The van der Waals surface area contributed by atoms with E-state index >= 15 is 0 Å². The smallest absolute Gasteiger partial charge is 0.0485 e. The van der Waals surface area contributed by atoms with Crippen molar-refractivity contribution in [2.24, 2.45) is 5.41 Å². The van der Waals surface area contributed by atoms with Crippen molar-refractivity contribution in [2.75, 3.05) is 6.61 Å². The molecule has 0 radical (unpaired) electrons. The van der Waals surface area contributed by atoms with E-state index < -0.39 is 0 Å². The van der Waals surface area contributed by atoms with Gasteiger partial charge in [-0.15, -0.1) is 11.3 Å². The summed E-state index contributed by atoms with van der Waals surface area (Å²) in [4.78, 5) is 1.43. The van der Waals surface area contributed by atoms with Gasteiger partial charge < -0.3 is 5.11 Å². The first-order valence-electron chi connectivity index (χ1n) is 4.75. The molecular weight excluding hydrogens is 180 g/mol. The predicted molar refractivity (Wildman–Crippen MR) is 58.3 cm³/mol. The molecule has 0 bridgehead atoms. The van der Waals surface area contributed by atoms with E-state index in [2.05, 4.69) is 32.2 Å². The van der Waals surface area contributed by atoms with Gasteiger partial charge in [0.25, 0.3) is 0 Å². The molecule has 0 atom stereocenters. The van der Waals surface area contributed by atoms with Gasteiger partial charge in [0.2, 0.25) is 0 Å². The van der Waals surface area contributed by atoms with Crippen LogP contribution in [0.1, 0.15) is 31.2 Å². The minimum atomic E-state index is 0.0226. The van der Waals surface area contributed by atoms with Gasteiger partial charge in [0.1, 0.15) is 0 Å². The second-order valence-corrected chi connectivity index (χ2v) is 5.22. The highest BCUT2D eigenvalue weighted by Crippen LogP contribution is 2.27. The summed E-state index contributed by atoms with van der Waals surface area (Å²) in [5, 5.41) is 11.3. The number of aliphatic hydroxyl groups is 1. The van der Waals surface area contributed by atoms with Crippen molar-refractivity contribution in [2.45, 2.75) is 33.6 Å². The normalized spacial score (nSPS) is 12.0.